The highest BCUT2D eigenvalue weighted by Crippen LogP contribution is 2.24. The number of carbonyl (C=O) groups is 2. The summed E-state index contributed by atoms with van der Waals surface area (Å²) >= 11 is 6.44. The molecule has 0 aliphatic rings. The van der Waals surface area contributed by atoms with Crippen molar-refractivity contribution in [2.24, 2.45) is 0 Å². The number of alkyl halides is 2. The molecule has 7 heteroatoms. The summed E-state index contributed by atoms with van der Waals surface area (Å²) in [4.78, 5) is 22.7. The first-order valence-corrected chi connectivity index (χ1v) is 9.46. The molecule has 0 aliphatic carbocycles. The molecule has 0 aromatic heterocycles. The number of hydrogen-bond acceptors (Lipinski definition) is 3. The fourth-order valence-corrected chi connectivity index (χ4v) is 2.06. The molecule has 2 N–H and O–H groups in total. The van der Waals surface area contributed by atoms with Crippen LogP contribution in [0.3, 0.4) is 0 Å². The van der Waals surface area contributed by atoms with Crippen LogP contribution < -0.4 is 15.4 Å². The van der Waals surface area contributed by atoms with E-state index in [4.69, 9.17) is 4.74 Å². The molecule has 25 heavy (non-hydrogen) atoms. The predicted octanol–water partition coefficient (Wildman–Crippen LogP) is 4.92. The SMILES string of the molecule is CC(Br)C(=O)Nc1ccc(Oc2ccc(NC(=O)C(C)Br)cc2)cc1. The molecule has 2 rings (SSSR count). The number of ether oxygens (including phenoxy) is 1. The Morgan fingerprint density at radius 2 is 1.08 bits per heavy atom. The molecule has 132 valence electrons. The zero-order valence-electron chi connectivity index (χ0n) is 13.8. The first-order chi connectivity index (χ1) is 11.8. The molecule has 0 fully saturated rings. The summed E-state index contributed by atoms with van der Waals surface area (Å²) in [5, 5.41) is 5.56. The second kappa shape index (κ2) is 9.01. The van der Waals surface area contributed by atoms with Crippen molar-refractivity contribution in [2.75, 3.05) is 10.6 Å². The van der Waals surface area contributed by atoms with Crippen LogP contribution in [0.15, 0.2) is 48.5 Å². The van der Waals surface area contributed by atoms with Gasteiger partial charge in [0.05, 0.1) is 9.65 Å². The smallest absolute Gasteiger partial charge is 0.237 e. The largest absolute Gasteiger partial charge is 0.457 e. The van der Waals surface area contributed by atoms with Crippen LogP contribution in [0.4, 0.5) is 11.4 Å². The molecule has 0 saturated carbocycles. The van der Waals surface area contributed by atoms with Gasteiger partial charge in [-0.3, -0.25) is 9.59 Å². The van der Waals surface area contributed by atoms with Gasteiger partial charge in [0.25, 0.3) is 0 Å². The fourth-order valence-electron chi connectivity index (χ4n) is 1.83. The van der Waals surface area contributed by atoms with E-state index in [-0.39, 0.29) is 21.5 Å². The number of nitrogens with one attached hydrogen (secondary N) is 2. The molecule has 2 amide bonds. The Morgan fingerprint density at radius 1 is 0.760 bits per heavy atom. The van der Waals surface area contributed by atoms with Crippen molar-refractivity contribution in [3.63, 3.8) is 0 Å². The molecule has 0 bridgehead atoms. The number of benzene rings is 2. The molecule has 2 atom stereocenters. The Labute approximate surface area is 163 Å². The summed E-state index contributed by atoms with van der Waals surface area (Å²) in [7, 11) is 0. The van der Waals surface area contributed by atoms with Gasteiger partial charge in [-0.05, 0) is 62.4 Å². The third kappa shape index (κ3) is 6.17. The van der Waals surface area contributed by atoms with E-state index in [1.807, 2.05) is 0 Å². The van der Waals surface area contributed by atoms with Gasteiger partial charge in [0.2, 0.25) is 11.8 Å². The van der Waals surface area contributed by atoms with Crippen LogP contribution in [0.1, 0.15) is 13.8 Å². The van der Waals surface area contributed by atoms with Crippen molar-refractivity contribution in [1.29, 1.82) is 0 Å². The summed E-state index contributed by atoms with van der Waals surface area (Å²) in [5.74, 6) is 1.08. The normalized spacial score (nSPS) is 12.8. The molecule has 0 heterocycles. The van der Waals surface area contributed by atoms with Gasteiger partial charge in [-0.1, -0.05) is 31.9 Å². The minimum absolute atomic E-state index is 0.107. The van der Waals surface area contributed by atoms with E-state index in [9.17, 15) is 9.59 Å². The predicted molar refractivity (Wildman–Crippen MR) is 107 cm³/mol. The number of carbonyl (C=O) groups excluding carboxylic acids is 2. The van der Waals surface area contributed by atoms with Crippen LogP contribution in [0, 0.1) is 0 Å². The van der Waals surface area contributed by atoms with E-state index in [1.165, 1.54) is 0 Å². The minimum atomic E-state index is -0.255. The van der Waals surface area contributed by atoms with E-state index >= 15 is 0 Å². The summed E-state index contributed by atoms with van der Waals surface area (Å²) < 4.78 is 5.75. The second-order valence-electron chi connectivity index (χ2n) is 5.36. The molecule has 0 radical (unpaired) electrons. The lowest BCUT2D eigenvalue weighted by Gasteiger charge is -2.10. The topological polar surface area (TPSA) is 67.4 Å². The zero-order valence-corrected chi connectivity index (χ0v) is 16.9. The quantitative estimate of drug-likeness (QED) is 0.590. The minimum Gasteiger partial charge on any atom is -0.457 e. The second-order valence-corrected chi connectivity index (χ2v) is 8.11. The van der Waals surface area contributed by atoms with Crippen LogP contribution in [-0.4, -0.2) is 21.5 Å². The van der Waals surface area contributed by atoms with Gasteiger partial charge in [0.15, 0.2) is 0 Å². The van der Waals surface area contributed by atoms with E-state index in [0.29, 0.717) is 22.9 Å². The Balaban J connectivity index is 1.95. The number of halogens is 2. The Morgan fingerprint density at radius 3 is 1.36 bits per heavy atom. The summed E-state index contributed by atoms with van der Waals surface area (Å²) in [6.07, 6.45) is 0. The van der Waals surface area contributed by atoms with Crippen LogP contribution in [0.2, 0.25) is 0 Å². The third-order valence-electron chi connectivity index (χ3n) is 3.20. The van der Waals surface area contributed by atoms with E-state index < -0.39 is 0 Å². The average Bonchev–Trinajstić information content (AvgIpc) is 2.58. The third-order valence-corrected chi connectivity index (χ3v) is 4.03. The monoisotopic (exact) mass is 468 g/mol. The Hall–Kier alpha value is -1.86. The molecule has 5 nitrogen and oxygen atoms in total. The van der Waals surface area contributed by atoms with Crippen LogP contribution in [0.25, 0.3) is 0 Å². The van der Waals surface area contributed by atoms with Gasteiger partial charge in [-0.2, -0.15) is 0 Å². The average molecular weight is 470 g/mol. The molecule has 0 spiro atoms. The molecule has 0 aliphatic heterocycles. The molecule has 2 aromatic carbocycles. The van der Waals surface area contributed by atoms with E-state index in [1.54, 1.807) is 62.4 Å². The van der Waals surface area contributed by atoms with E-state index in [0.717, 1.165) is 0 Å². The maximum atomic E-state index is 11.6. The van der Waals surface area contributed by atoms with Crippen molar-refractivity contribution in [1.82, 2.24) is 0 Å². The molecule has 0 saturated heterocycles. The van der Waals surface area contributed by atoms with Crippen molar-refractivity contribution in [3.05, 3.63) is 48.5 Å². The van der Waals surface area contributed by atoms with Gasteiger partial charge < -0.3 is 15.4 Å². The summed E-state index contributed by atoms with van der Waals surface area (Å²) in [6.45, 7) is 3.52. The lowest BCUT2D eigenvalue weighted by atomic mass is 10.2. The first-order valence-electron chi connectivity index (χ1n) is 7.63. The van der Waals surface area contributed by atoms with E-state index in [2.05, 4.69) is 42.5 Å². The summed E-state index contributed by atoms with van der Waals surface area (Å²) in [5.41, 5.74) is 1.40. The number of rotatable bonds is 6. The fraction of sp³-hybridized carbons (Fsp3) is 0.222. The maximum absolute atomic E-state index is 11.6. The Bertz CT molecular complexity index is 665. The first kappa shape index (κ1) is 19.5. The molecular weight excluding hydrogens is 452 g/mol. The van der Waals surface area contributed by atoms with Crippen LogP contribution in [-0.2, 0) is 9.59 Å². The van der Waals surface area contributed by atoms with Gasteiger partial charge in [0.1, 0.15) is 11.5 Å². The van der Waals surface area contributed by atoms with Crippen molar-refractivity contribution in [2.45, 2.75) is 23.5 Å². The van der Waals surface area contributed by atoms with Crippen LogP contribution in [0.5, 0.6) is 11.5 Å². The Kier molecular flexibility index (Phi) is 7.01. The number of hydrogen-bond donors (Lipinski definition) is 2. The van der Waals surface area contributed by atoms with Crippen molar-refractivity contribution >= 4 is 55.0 Å². The van der Waals surface area contributed by atoms with Crippen molar-refractivity contribution < 1.29 is 14.3 Å². The number of anilines is 2. The van der Waals surface area contributed by atoms with Crippen LogP contribution >= 0.6 is 31.9 Å². The lowest BCUT2D eigenvalue weighted by molar-refractivity contribution is -0.116. The van der Waals surface area contributed by atoms with Crippen molar-refractivity contribution in [3.8, 4) is 11.5 Å². The number of amides is 2. The highest BCUT2D eigenvalue weighted by Gasteiger charge is 2.09. The molecule has 2 unspecified atom stereocenters. The van der Waals surface area contributed by atoms with Gasteiger partial charge in [0, 0.05) is 11.4 Å². The highest BCUT2D eigenvalue weighted by molar-refractivity contribution is 9.10. The lowest BCUT2D eigenvalue weighted by Crippen LogP contribution is -2.19. The van der Waals surface area contributed by atoms with Gasteiger partial charge >= 0.3 is 0 Å². The van der Waals surface area contributed by atoms with Gasteiger partial charge in [-0.15, -0.1) is 0 Å². The zero-order chi connectivity index (χ0) is 18.4. The standard InChI is InChI=1S/C18H18Br2N2O3/c1-11(19)17(23)21-13-3-7-15(8-4-13)25-16-9-5-14(6-10-16)22-18(24)12(2)20/h3-12H,1-2H3,(H,21,23)(H,22,24). The molecular formula is C18H18Br2N2O3. The molecule has 2 aromatic rings. The summed E-state index contributed by atoms with van der Waals surface area (Å²) in [6, 6.07) is 14.2. The van der Waals surface area contributed by atoms with Gasteiger partial charge in [-0.25, -0.2) is 0 Å². The highest BCUT2D eigenvalue weighted by atomic mass is 79.9. The maximum Gasteiger partial charge on any atom is 0.237 e.